The Morgan fingerprint density at radius 3 is 1.83 bits per heavy atom. The quantitative estimate of drug-likeness (QED) is 0.398. The van der Waals surface area contributed by atoms with Crippen molar-refractivity contribution >= 4 is 56.4 Å². The Morgan fingerprint density at radius 2 is 1.30 bits per heavy atom. The minimum atomic E-state index is 0.0878. The van der Waals surface area contributed by atoms with E-state index < -0.39 is 0 Å². The molecule has 0 unspecified atom stereocenters. The maximum Gasteiger partial charge on any atom is 0.0737 e. The monoisotopic (exact) mass is 436 g/mol. The van der Waals surface area contributed by atoms with Crippen LogP contribution in [0.25, 0.3) is 21.8 Å². The fourth-order valence-corrected chi connectivity index (χ4v) is 4.91. The van der Waals surface area contributed by atoms with Crippen molar-refractivity contribution in [2.75, 3.05) is 4.90 Å². The third kappa shape index (κ3) is 3.49. The highest BCUT2D eigenvalue weighted by Crippen LogP contribution is 2.40. The predicted octanol–water partition coefficient (Wildman–Crippen LogP) is 6.50. The summed E-state index contributed by atoms with van der Waals surface area (Å²) < 4.78 is 0. The fourth-order valence-electron chi connectivity index (χ4n) is 4.58. The molecule has 1 aliphatic rings. The average Bonchev–Trinajstić information content (AvgIpc) is 2.75. The molecule has 5 rings (SSSR count). The molecular formula is C24H22Cl2N4. The van der Waals surface area contributed by atoms with Gasteiger partial charge in [0.2, 0.25) is 0 Å². The second kappa shape index (κ2) is 8.03. The van der Waals surface area contributed by atoms with Gasteiger partial charge in [-0.2, -0.15) is 0 Å². The molecule has 2 N–H and O–H groups in total. The third-order valence-electron chi connectivity index (χ3n) is 6.00. The van der Waals surface area contributed by atoms with Gasteiger partial charge in [0.15, 0.2) is 0 Å². The van der Waals surface area contributed by atoms with Crippen LogP contribution in [0.15, 0.2) is 60.9 Å². The molecule has 1 aliphatic carbocycles. The lowest BCUT2D eigenvalue weighted by atomic mass is 9.88. The number of rotatable bonds is 3. The average molecular weight is 437 g/mol. The summed E-state index contributed by atoms with van der Waals surface area (Å²) in [6.45, 7) is 0. The smallest absolute Gasteiger partial charge is 0.0737 e. The van der Waals surface area contributed by atoms with Gasteiger partial charge in [0, 0.05) is 45.3 Å². The summed E-state index contributed by atoms with van der Waals surface area (Å²) in [4.78, 5) is 11.5. The van der Waals surface area contributed by atoms with Crippen molar-refractivity contribution in [3.05, 3.63) is 71.0 Å². The summed E-state index contributed by atoms with van der Waals surface area (Å²) in [5, 5.41) is 3.46. The van der Waals surface area contributed by atoms with Crippen LogP contribution in [-0.4, -0.2) is 22.1 Å². The number of nitrogens with zero attached hydrogens (tertiary/aromatic N) is 3. The van der Waals surface area contributed by atoms with Crippen LogP contribution in [0.1, 0.15) is 25.7 Å². The van der Waals surface area contributed by atoms with Crippen LogP contribution in [-0.2, 0) is 0 Å². The van der Waals surface area contributed by atoms with Crippen LogP contribution in [0.5, 0.6) is 0 Å². The maximum atomic E-state index is 6.68. The molecule has 1 saturated carbocycles. The number of anilines is 2. The Bertz CT molecular complexity index is 1140. The first-order valence-electron chi connectivity index (χ1n) is 10.3. The first-order valence-corrected chi connectivity index (χ1v) is 11.0. The van der Waals surface area contributed by atoms with Crippen molar-refractivity contribution in [1.29, 1.82) is 0 Å². The summed E-state index contributed by atoms with van der Waals surface area (Å²) in [7, 11) is 0. The summed E-state index contributed by atoms with van der Waals surface area (Å²) >= 11 is 12.5. The van der Waals surface area contributed by atoms with Gasteiger partial charge in [-0.1, -0.05) is 36.0 Å². The highest BCUT2D eigenvalue weighted by Gasteiger charge is 2.31. The largest absolute Gasteiger partial charge is 0.336 e. The number of halogens is 2. The Balaban J connectivity index is 1.78. The van der Waals surface area contributed by atoms with Crippen molar-refractivity contribution in [1.82, 2.24) is 9.97 Å². The van der Waals surface area contributed by atoms with E-state index in [1.807, 2.05) is 48.8 Å². The van der Waals surface area contributed by atoms with Gasteiger partial charge in [0.05, 0.1) is 22.4 Å². The molecule has 2 atom stereocenters. The molecule has 0 saturated heterocycles. The molecule has 2 aromatic heterocycles. The van der Waals surface area contributed by atoms with Crippen LogP contribution >= 0.6 is 23.2 Å². The molecule has 1 fully saturated rings. The van der Waals surface area contributed by atoms with E-state index in [0.717, 1.165) is 46.0 Å². The third-order valence-corrected chi connectivity index (χ3v) is 6.47. The van der Waals surface area contributed by atoms with E-state index in [4.69, 9.17) is 28.9 Å². The van der Waals surface area contributed by atoms with E-state index in [2.05, 4.69) is 27.0 Å². The molecule has 4 nitrogen and oxygen atoms in total. The van der Waals surface area contributed by atoms with Crippen molar-refractivity contribution in [2.24, 2.45) is 5.73 Å². The molecule has 2 heterocycles. The van der Waals surface area contributed by atoms with Crippen molar-refractivity contribution < 1.29 is 0 Å². The van der Waals surface area contributed by atoms with E-state index >= 15 is 0 Å². The molecule has 0 radical (unpaired) electrons. The topological polar surface area (TPSA) is 55.0 Å². The van der Waals surface area contributed by atoms with Crippen molar-refractivity contribution in [3.8, 4) is 0 Å². The van der Waals surface area contributed by atoms with Crippen LogP contribution < -0.4 is 10.6 Å². The van der Waals surface area contributed by atoms with E-state index in [1.54, 1.807) is 0 Å². The number of hydrogen-bond donors (Lipinski definition) is 1. The Morgan fingerprint density at radius 1 is 0.767 bits per heavy atom. The number of nitrogens with two attached hydrogens (primary N) is 1. The van der Waals surface area contributed by atoms with E-state index in [9.17, 15) is 0 Å². The van der Waals surface area contributed by atoms with E-state index in [-0.39, 0.29) is 12.1 Å². The van der Waals surface area contributed by atoms with Gasteiger partial charge < -0.3 is 10.6 Å². The summed E-state index contributed by atoms with van der Waals surface area (Å²) in [5.74, 6) is 0. The number of pyridine rings is 2. The lowest BCUT2D eigenvalue weighted by Crippen LogP contribution is -2.48. The molecule has 0 spiro atoms. The van der Waals surface area contributed by atoms with Crippen molar-refractivity contribution in [2.45, 2.75) is 37.8 Å². The predicted molar refractivity (Wildman–Crippen MR) is 126 cm³/mol. The van der Waals surface area contributed by atoms with E-state index in [0.29, 0.717) is 10.0 Å². The highest BCUT2D eigenvalue weighted by molar-refractivity contribution is 6.31. The van der Waals surface area contributed by atoms with Crippen molar-refractivity contribution in [3.63, 3.8) is 0 Å². The molecule has 2 aromatic carbocycles. The number of benzene rings is 2. The Kier molecular flexibility index (Phi) is 5.23. The zero-order valence-electron chi connectivity index (χ0n) is 16.4. The second-order valence-corrected chi connectivity index (χ2v) is 8.74. The molecule has 30 heavy (non-hydrogen) atoms. The molecular weight excluding hydrogens is 415 g/mol. The summed E-state index contributed by atoms with van der Waals surface area (Å²) in [5.41, 5.74) is 10.6. The lowest BCUT2D eigenvalue weighted by molar-refractivity contribution is 0.381. The second-order valence-electron chi connectivity index (χ2n) is 7.87. The van der Waals surface area contributed by atoms with Gasteiger partial charge in [0.1, 0.15) is 0 Å². The van der Waals surface area contributed by atoms with Gasteiger partial charge in [-0.05, 0) is 61.4 Å². The summed E-state index contributed by atoms with van der Waals surface area (Å²) in [6, 6.07) is 16.1. The van der Waals surface area contributed by atoms with E-state index in [1.165, 1.54) is 12.8 Å². The fraction of sp³-hybridized carbons (Fsp3) is 0.250. The molecule has 0 bridgehead atoms. The number of hydrogen-bond acceptors (Lipinski definition) is 4. The SMILES string of the molecule is N[C@H]1CCCC[C@@H]1N(c1ccnc2cc(Cl)ccc12)c1ccnc2cc(Cl)ccc12. The zero-order chi connectivity index (χ0) is 20.7. The standard InChI is InChI=1S/C24H22Cl2N4/c25-15-5-7-17-20(13-15)28-11-9-22(17)30(24-4-2-1-3-19(24)27)23-10-12-29-21-14-16(26)6-8-18(21)23/h5-14,19,24H,1-4,27H2/t19-,24-/m0/s1. The lowest BCUT2D eigenvalue weighted by Gasteiger charge is -2.40. The minimum Gasteiger partial charge on any atom is -0.336 e. The normalized spacial score (nSPS) is 19.3. The van der Waals surface area contributed by atoms with Crippen LogP contribution in [0.4, 0.5) is 11.4 Å². The molecule has 0 aliphatic heterocycles. The highest BCUT2D eigenvalue weighted by atomic mass is 35.5. The minimum absolute atomic E-state index is 0.0878. The first kappa shape index (κ1) is 19.6. The van der Waals surface area contributed by atoms with Gasteiger partial charge in [-0.15, -0.1) is 0 Å². The van der Waals surface area contributed by atoms with Crippen LogP contribution in [0, 0.1) is 0 Å². The molecule has 4 aromatic rings. The van der Waals surface area contributed by atoms with Crippen LogP contribution in [0.2, 0.25) is 10.0 Å². The van der Waals surface area contributed by atoms with Gasteiger partial charge in [-0.25, -0.2) is 0 Å². The van der Waals surface area contributed by atoms with Crippen LogP contribution in [0.3, 0.4) is 0 Å². The van der Waals surface area contributed by atoms with Gasteiger partial charge in [-0.3, -0.25) is 9.97 Å². The molecule has 0 amide bonds. The number of fused-ring (bicyclic) bond motifs is 2. The van der Waals surface area contributed by atoms with Gasteiger partial charge >= 0.3 is 0 Å². The summed E-state index contributed by atoms with van der Waals surface area (Å²) in [6.07, 6.45) is 8.08. The number of aromatic nitrogens is 2. The first-order chi connectivity index (χ1) is 14.6. The van der Waals surface area contributed by atoms with Gasteiger partial charge in [0.25, 0.3) is 0 Å². The zero-order valence-corrected chi connectivity index (χ0v) is 17.9. The Labute approximate surface area is 185 Å². The molecule has 6 heteroatoms. The molecule has 152 valence electrons. The Hall–Kier alpha value is -2.40. The maximum absolute atomic E-state index is 6.68.